The Balaban J connectivity index is 1.60. The summed E-state index contributed by atoms with van der Waals surface area (Å²) in [5.41, 5.74) is 4.16. The van der Waals surface area contributed by atoms with E-state index in [2.05, 4.69) is 0 Å². The van der Waals surface area contributed by atoms with Gasteiger partial charge in [-0.25, -0.2) is 4.90 Å². The molecule has 3 aromatic carbocycles. The SMILES string of the molecule is Cc1ccc(N2C(=O)S/C(=C\c3ccccc3OCc3ccccc3Cl)C2=O)c(C)c1. The van der Waals surface area contributed by atoms with Crippen molar-refractivity contribution in [3.63, 3.8) is 0 Å². The molecule has 0 unspecified atom stereocenters. The Hall–Kier alpha value is -3.02. The molecule has 0 radical (unpaired) electrons. The number of imide groups is 1. The third-order valence-electron chi connectivity index (χ3n) is 4.93. The van der Waals surface area contributed by atoms with Crippen LogP contribution in [0.2, 0.25) is 5.02 Å². The van der Waals surface area contributed by atoms with E-state index in [1.165, 1.54) is 4.90 Å². The Kier molecular flexibility index (Phi) is 6.16. The summed E-state index contributed by atoms with van der Waals surface area (Å²) in [5, 5.41) is 0.326. The van der Waals surface area contributed by atoms with Crippen LogP contribution < -0.4 is 9.64 Å². The Morgan fingerprint density at radius 3 is 2.52 bits per heavy atom. The largest absolute Gasteiger partial charge is 0.488 e. The van der Waals surface area contributed by atoms with Crippen LogP contribution in [0.15, 0.2) is 71.6 Å². The summed E-state index contributed by atoms with van der Waals surface area (Å²) in [4.78, 5) is 27.3. The van der Waals surface area contributed by atoms with Crippen molar-refractivity contribution in [2.24, 2.45) is 0 Å². The van der Waals surface area contributed by atoms with E-state index < -0.39 is 0 Å². The topological polar surface area (TPSA) is 46.6 Å². The third kappa shape index (κ3) is 4.53. The second kappa shape index (κ2) is 9.00. The van der Waals surface area contributed by atoms with Crippen LogP contribution >= 0.6 is 23.4 Å². The molecule has 1 saturated heterocycles. The molecular formula is C25H20ClNO3S. The van der Waals surface area contributed by atoms with Gasteiger partial charge < -0.3 is 4.74 Å². The molecule has 1 aliphatic heterocycles. The van der Waals surface area contributed by atoms with Crippen LogP contribution in [-0.2, 0) is 11.4 Å². The van der Waals surface area contributed by atoms with Gasteiger partial charge >= 0.3 is 0 Å². The highest BCUT2D eigenvalue weighted by Gasteiger charge is 2.37. The van der Waals surface area contributed by atoms with E-state index in [0.717, 1.165) is 34.0 Å². The number of ether oxygens (including phenoxy) is 1. The number of para-hydroxylation sites is 1. The zero-order valence-electron chi connectivity index (χ0n) is 17.1. The molecule has 0 saturated carbocycles. The Labute approximate surface area is 190 Å². The van der Waals surface area contributed by atoms with E-state index in [-0.39, 0.29) is 11.1 Å². The molecule has 1 aliphatic rings. The molecule has 1 fully saturated rings. The Morgan fingerprint density at radius 2 is 1.74 bits per heavy atom. The Morgan fingerprint density at radius 1 is 1.00 bits per heavy atom. The average molecular weight is 450 g/mol. The first-order chi connectivity index (χ1) is 14.9. The molecule has 0 N–H and O–H groups in total. The highest BCUT2D eigenvalue weighted by molar-refractivity contribution is 8.19. The van der Waals surface area contributed by atoms with Crippen LogP contribution in [0.5, 0.6) is 5.75 Å². The van der Waals surface area contributed by atoms with Gasteiger partial charge in [0.15, 0.2) is 0 Å². The minimum atomic E-state index is -0.331. The molecule has 0 atom stereocenters. The lowest BCUT2D eigenvalue weighted by atomic mass is 10.1. The lowest BCUT2D eigenvalue weighted by Gasteiger charge is -2.15. The van der Waals surface area contributed by atoms with Gasteiger partial charge in [-0.2, -0.15) is 0 Å². The van der Waals surface area contributed by atoms with Gasteiger partial charge in [-0.3, -0.25) is 9.59 Å². The van der Waals surface area contributed by atoms with E-state index >= 15 is 0 Å². The molecule has 0 bridgehead atoms. The molecule has 1 heterocycles. The minimum Gasteiger partial charge on any atom is -0.488 e. The minimum absolute atomic E-state index is 0.300. The number of nitrogens with zero attached hydrogens (tertiary/aromatic N) is 1. The molecule has 156 valence electrons. The van der Waals surface area contributed by atoms with Crippen molar-refractivity contribution in [3.05, 3.63) is 98.9 Å². The summed E-state index contributed by atoms with van der Waals surface area (Å²) >= 11 is 7.15. The molecule has 2 amide bonds. The number of benzene rings is 3. The van der Waals surface area contributed by atoms with Gasteiger partial charge in [-0.15, -0.1) is 0 Å². The highest BCUT2D eigenvalue weighted by atomic mass is 35.5. The number of anilines is 1. The molecule has 3 aromatic rings. The van der Waals surface area contributed by atoms with Crippen LogP contribution in [0.1, 0.15) is 22.3 Å². The molecule has 0 aliphatic carbocycles. The van der Waals surface area contributed by atoms with Crippen LogP contribution in [0, 0.1) is 13.8 Å². The van der Waals surface area contributed by atoms with E-state index in [9.17, 15) is 9.59 Å². The molecular weight excluding hydrogens is 430 g/mol. The lowest BCUT2D eigenvalue weighted by Crippen LogP contribution is -2.28. The van der Waals surface area contributed by atoms with Gasteiger partial charge in [-0.1, -0.05) is 65.7 Å². The standard InChI is InChI=1S/C25H20ClNO3S/c1-16-11-12-21(17(2)13-16)27-24(28)23(31-25(27)29)14-18-7-4-6-10-22(18)30-15-19-8-3-5-9-20(19)26/h3-14H,15H2,1-2H3/b23-14-. The number of rotatable bonds is 5. The van der Waals surface area contributed by atoms with Crippen molar-refractivity contribution in [1.29, 1.82) is 0 Å². The fraction of sp³-hybridized carbons (Fsp3) is 0.120. The number of carbonyl (C=O) groups is 2. The van der Waals surface area contributed by atoms with Crippen LogP contribution in [0.4, 0.5) is 10.5 Å². The number of aryl methyl sites for hydroxylation is 2. The van der Waals surface area contributed by atoms with Crippen molar-refractivity contribution < 1.29 is 14.3 Å². The predicted octanol–water partition coefficient (Wildman–Crippen LogP) is 6.78. The number of hydrogen-bond donors (Lipinski definition) is 0. The smallest absolute Gasteiger partial charge is 0.298 e. The molecule has 0 spiro atoms. The first-order valence-corrected chi connectivity index (χ1v) is 10.9. The molecule has 4 nitrogen and oxygen atoms in total. The summed E-state index contributed by atoms with van der Waals surface area (Å²) in [6.07, 6.45) is 1.70. The van der Waals surface area contributed by atoms with Crippen molar-refractivity contribution in [2.45, 2.75) is 20.5 Å². The summed E-state index contributed by atoms with van der Waals surface area (Å²) in [6.45, 7) is 4.17. The maximum Gasteiger partial charge on any atom is 0.298 e. The van der Waals surface area contributed by atoms with Gasteiger partial charge in [0.05, 0.1) is 10.6 Å². The van der Waals surface area contributed by atoms with Crippen molar-refractivity contribution in [2.75, 3.05) is 4.90 Å². The van der Waals surface area contributed by atoms with Gasteiger partial charge in [0.2, 0.25) is 0 Å². The fourth-order valence-electron chi connectivity index (χ4n) is 3.38. The maximum atomic E-state index is 13.1. The average Bonchev–Trinajstić information content (AvgIpc) is 3.02. The number of thioether (sulfide) groups is 1. The van der Waals surface area contributed by atoms with E-state index in [1.54, 1.807) is 6.08 Å². The summed E-state index contributed by atoms with van der Waals surface area (Å²) in [6, 6.07) is 20.6. The van der Waals surface area contributed by atoms with Crippen LogP contribution in [0.25, 0.3) is 6.08 Å². The highest BCUT2D eigenvalue weighted by Crippen LogP contribution is 2.38. The van der Waals surface area contributed by atoms with Gasteiger partial charge in [0.25, 0.3) is 11.1 Å². The van der Waals surface area contributed by atoms with Crippen LogP contribution in [0.3, 0.4) is 0 Å². The zero-order chi connectivity index (χ0) is 22.0. The van der Waals surface area contributed by atoms with Crippen molar-refractivity contribution in [3.8, 4) is 5.75 Å². The fourth-order valence-corrected chi connectivity index (χ4v) is 4.39. The second-order valence-electron chi connectivity index (χ2n) is 7.22. The number of hydrogen-bond acceptors (Lipinski definition) is 4. The maximum absolute atomic E-state index is 13.1. The van der Waals surface area contributed by atoms with Crippen molar-refractivity contribution in [1.82, 2.24) is 0 Å². The van der Waals surface area contributed by atoms with Crippen molar-refractivity contribution >= 4 is 46.3 Å². The number of amides is 2. The first-order valence-electron chi connectivity index (χ1n) is 9.74. The normalized spacial score (nSPS) is 15.1. The molecule has 0 aromatic heterocycles. The first kappa shape index (κ1) is 21.2. The summed E-state index contributed by atoms with van der Waals surface area (Å²) in [5.74, 6) is 0.281. The summed E-state index contributed by atoms with van der Waals surface area (Å²) < 4.78 is 5.97. The molecule has 31 heavy (non-hydrogen) atoms. The van der Waals surface area contributed by atoms with E-state index in [0.29, 0.717) is 28.0 Å². The lowest BCUT2D eigenvalue weighted by molar-refractivity contribution is -0.113. The zero-order valence-corrected chi connectivity index (χ0v) is 18.7. The number of carbonyl (C=O) groups excluding carboxylic acids is 2. The molecule has 6 heteroatoms. The van der Waals surface area contributed by atoms with Gasteiger partial charge in [-0.05, 0) is 55.4 Å². The second-order valence-corrected chi connectivity index (χ2v) is 8.63. The van der Waals surface area contributed by atoms with E-state index in [4.69, 9.17) is 16.3 Å². The quantitative estimate of drug-likeness (QED) is 0.403. The Bertz CT molecular complexity index is 1200. The molecule has 4 rings (SSSR count). The summed E-state index contributed by atoms with van der Waals surface area (Å²) in [7, 11) is 0. The predicted molar refractivity (Wildman–Crippen MR) is 127 cm³/mol. The van der Waals surface area contributed by atoms with Crippen LogP contribution in [-0.4, -0.2) is 11.1 Å². The number of halogens is 1. The van der Waals surface area contributed by atoms with Gasteiger partial charge in [0.1, 0.15) is 12.4 Å². The monoisotopic (exact) mass is 449 g/mol. The van der Waals surface area contributed by atoms with E-state index in [1.807, 2.05) is 80.6 Å². The third-order valence-corrected chi connectivity index (χ3v) is 6.17. The van der Waals surface area contributed by atoms with Gasteiger partial charge in [0, 0.05) is 16.1 Å².